The summed E-state index contributed by atoms with van der Waals surface area (Å²) in [6.45, 7) is 6.49. The zero-order valence-corrected chi connectivity index (χ0v) is 12.8. The summed E-state index contributed by atoms with van der Waals surface area (Å²) >= 11 is 3.17. The van der Waals surface area contributed by atoms with Gasteiger partial charge in [-0.3, -0.25) is 0 Å². The number of nitrogens with zero attached hydrogens (tertiary/aromatic N) is 1. The number of halogens is 2. The van der Waals surface area contributed by atoms with Crippen molar-refractivity contribution >= 4 is 22.0 Å². The van der Waals surface area contributed by atoms with Gasteiger partial charge < -0.3 is 9.64 Å². The van der Waals surface area contributed by atoms with Crippen LogP contribution in [0.15, 0.2) is 22.7 Å². The van der Waals surface area contributed by atoms with E-state index in [2.05, 4.69) is 15.9 Å². The molecule has 1 aliphatic heterocycles. The number of carbonyl (C=O) groups excluding carboxylic acids is 1. The van der Waals surface area contributed by atoms with Crippen molar-refractivity contribution in [1.82, 2.24) is 4.90 Å². The first kappa shape index (κ1) is 14.3. The quantitative estimate of drug-likeness (QED) is 0.781. The Kier molecular flexibility index (Phi) is 3.85. The lowest BCUT2D eigenvalue weighted by Crippen LogP contribution is -2.50. The second-order valence-corrected chi connectivity index (χ2v) is 6.58. The molecule has 5 heteroatoms. The summed E-state index contributed by atoms with van der Waals surface area (Å²) in [5, 5.41) is 0. The van der Waals surface area contributed by atoms with E-state index in [1.807, 2.05) is 20.8 Å². The van der Waals surface area contributed by atoms with Crippen molar-refractivity contribution in [3.05, 3.63) is 34.1 Å². The molecule has 1 aromatic carbocycles. The highest BCUT2D eigenvalue weighted by Gasteiger charge is 2.35. The molecule has 0 radical (unpaired) electrons. The highest BCUT2D eigenvalue weighted by atomic mass is 79.9. The Hall–Kier alpha value is -1.10. The Balaban J connectivity index is 1.96. The molecular weight excluding hydrogens is 313 g/mol. The third-order valence-electron chi connectivity index (χ3n) is 2.95. The highest BCUT2D eigenvalue weighted by Crippen LogP contribution is 2.32. The van der Waals surface area contributed by atoms with Crippen LogP contribution in [-0.4, -0.2) is 29.7 Å². The molecule has 1 fully saturated rings. The highest BCUT2D eigenvalue weighted by molar-refractivity contribution is 9.10. The molecule has 0 bridgehead atoms. The van der Waals surface area contributed by atoms with Crippen molar-refractivity contribution in [1.29, 1.82) is 0 Å². The Morgan fingerprint density at radius 1 is 1.42 bits per heavy atom. The fraction of sp³-hybridized carbons (Fsp3) is 0.500. The molecule has 104 valence electrons. The van der Waals surface area contributed by atoms with Gasteiger partial charge in [0.2, 0.25) is 0 Å². The SMILES string of the molecule is CC(C)(C)OC(=O)N1CC(c2cccc(Br)c2F)C1. The van der Waals surface area contributed by atoms with Crippen LogP contribution in [0.5, 0.6) is 0 Å². The molecule has 0 aromatic heterocycles. The summed E-state index contributed by atoms with van der Waals surface area (Å²) < 4.78 is 19.6. The van der Waals surface area contributed by atoms with Gasteiger partial charge in [-0.05, 0) is 48.3 Å². The molecule has 1 aliphatic rings. The van der Waals surface area contributed by atoms with Gasteiger partial charge in [0.25, 0.3) is 0 Å². The van der Waals surface area contributed by atoms with Gasteiger partial charge >= 0.3 is 6.09 Å². The van der Waals surface area contributed by atoms with E-state index in [9.17, 15) is 9.18 Å². The zero-order valence-electron chi connectivity index (χ0n) is 11.2. The number of carbonyl (C=O) groups is 1. The number of benzene rings is 1. The van der Waals surface area contributed by atoms with Crippen LogP contribution in [0.1, 0.15) is 32.3 Å². The van der Waals surface area contributed by atoms with Crippen molar-refractivity contribution in [3.63, 3.8) is 0 Å². The number of hydrogen-bond donors (Lipinski definition) is 0. The second-order valence-electron chi connectivity index (χ2n) is 5.73. The maximum atomic E-state index is 13.9. The van der Waals surface area contributed by atoms with E-state index in [1.54, 1.807) is 23.1 Å². The second kappa shape index (κ2) is 5.12. The third-order valence-corrected chi connectivity index (χ3v) is 3.57. The third kappa shape index (κ3) is 3.26. The molecule has 1 amide bonds. The Morgan fingerprint density at radius 3 is 2.63 bits per heavy atom. The van der Waals surface area contributed by atoms with Crippen LogP contribution in [-0.2, 0) is 4.74 Å². The number of rotatable bonds is 1. The minimum Gasteiger partial charge on any atom is -0.444 e. The topological polar surface area (TPSA) is 29.5 Å². The van der Waals surface area contributed by atoms with Crippen LogP contribution in [0.4, 0.5) is 9.18 Å². The van der Waals surface area contributed by atoms with Crippen LogP contribution in [0.25, 0.3) is 0 Å². The van der Waals surface area contributed by atoms with Gasteiger partial charge in [-0.25, -0.2) is 9.18 Å². The smallest absolute Gasteiger partial charge is 0.410 e. The predicted octanol–water partition coefficient (Wildman–Crippen LogP) is 3.92. The van der Waals surface area contributed by atoms with E-state index in [4.69, 9.17) is 4.74 Å². The standard InChI is InChI=1S/C14H17BrFNO2/c1-14(2,3)19-13(18)17-7-9(8-17)10-5-4-6-11(15)12(10)16/h4-6,9H,7-8H2,1-3H3. The molecular formula is C14H17BrFNO2. The lowest BCUT2D eigenvalue weighted by molar-refractivity contribution is 0.00790. The molecule has 0 spiro atoms. The first-order valence-electron chi connectivity index (χ1n) is 6.20. The lowest BCUT2D eigenvalue weighted by Gasteiger charge is -2.40. The van der Waals surface area contributed by atoms with Gasteiger partial charge in [0.05, 0.1) is 4.47 Å². The Labute approximate surface area is 120 Å². The number of hydrogen-bond acceptors (Lipinski definition) is 2. The van der Waals surface area contributed by atoms with Gasteiger partial charge in [-0.1, -0.05) is 12.1 Å². The summed E-state index contributed by atoms with van der Waals surface area (Å²) in [5.41, 5.74) is 0.151. The Morgan fingerprint density at radius 2 is 2.05 bits per heavy atom. The van der Waals surface area contributed by atoms with Crippen LogP contribution in [0.3, 0.4) is 0 Å². The average Bonchev–Trinajstić information content (AvgIpc) is 2.19. The minimum atomic E-state index is -0.497. The van der Waals surface area contributed by atoms with E-state index in [0.29, 0.717) is 23.1 Å². The van der Waals surface area contributed by atoms with Crippen LogP contribution < -0.4 is 0 Å². The molecule has 0 unspecified atom stereocenters. The number of likely N-dealkylation sites (tertiary alicyclic amines) is 1. The summed E-state index contributed by atoms with van der Waals surface area (Å²) in [4.78, 5) is 13.4. The van der Waals surface area contributed by atoms with Gasteiger partial charge in [0.15, 0.2) is 0 Å². The molecule has 3 nitrogen and oxygen atoms in total. The van der Waals surface area contributed by atoms with E-state index in [0.717, 1.165) is 0 Å². The normalized spacial score (nSPS) is 16.2. The molecule has 1 saturated heterocycles. The van der Waals surface area contributed by atoms with E-state index >= 15 is 0 Å². The fourth-order valence-corrected chi connectivity index (χ4v) is 2.37. The van der Waals surface area contributed by atoms with Crippen molar-refractivity contribution in [2.75, 3.05) is 13.1 Å². The van der Waals surface area contributed by atoms with Crippen LogP contribution in [0.2, 0.25) is 0 Å². The number of amides is 1. The van der Waals surface area contributed by atoms with E-state index in [1.165, 1.54) is 0 Å². The molecule has 0 N–H and O–H groups in total. The van der Waals surface area contributed by atoms with Crippen molar-refractivity contribution in [2.45, 2.75) is 32.3 Å². The summed E-state index contributed by atoms with van der Waals surface area (Å²) in [7, 11) is 0. The predicted molar refractivity (Wildman–Crippen MR) is 74.6 cm³/mol. The maximum Gasteiger partial charge on any atom is 0.410 e. The van der Waals surface area contributed by atoms with Crippen LogP contribution >= 0.6 is 15.9 Å². The average molecular weight is 330 g/mol. The first-order chi connectivity index (χ1) is 8.78. The minimum absolute atomic E-state index is 0.0463. The van der Waals surface area contributed by atoms with E-state index in [-0.39, 0.29) is 17.8 Å². The van der Waals surface area contributed by atoms with E-state index < -0.39 is 5.60 Å². The number of ether oxygens (including phenoxy) is 1. The van der Waals surface area contributed by atoms with Gasteiger partial charge in [0.1, 0.15) is 11.4 Å². The molecule has 0 aliphatic carbocycles. The van der Waals surface area contributed by atoms with Crippen molar-refractivity contribution in [2.24, 2.45) is 0 Å². The molecule has 0 saturated carbocycles. The van der Waals surface area contributed by atoms with Crippen LogP contribution in [0, 0.1) is 5.82 Å². The molecule has 2 rings (SSSR count). The molecule has 19 heavy (non-hydrogen) atoms. The lowest BCUT2D eigenvalue weighted by atomic mass is 9.91. The van der Waals surface area contributed by atoms with Gasteiger partial charge in [-0.2, -0.15) is 0 Å². The maximum absolute atomic E-state index is 13.9. The summed E-state index contributed by atoms with van der Waals surface area (Å²) in [6.07, 6.45) is -0.334. The molecule has 0 atom stereocenters. The van der Waals surface area contributed by atoms with Gasteiger partial charge in [0, 0.05) is 19.0 Å². The Bertz CT molecular complexity index is 493. The van der Waals surface area contributed by atoms with Crippen molar-refractivity contribution in [3.8, 4) is 0 Å². The summed E-state index contributed by atoms with van der Waals surface area (Å²) in [6, 6.07) is 5.24. The largest absolute Gasteiger partial charge is 0.444 e. The van der Waals surface area contributed by atoms with Gasteiger partial charge in [-0.15, -0.1) is 0 Å². The first-order valence-corrected chi connectivity index (χ1v) is 6.99. The molecule has 1 heterocycles. The molecule has 1 aromatic rings. The fourth-order valence-electron chi connectivity index (χ4n) is 1.99. The summed E-state index contributed by atoms with van der Waals surface area (Å²) in [5.74, 6) is -0.193. The zero-order chi connectivity index (χ0) is 14.2. The monoisotopic (exact) mass is 329 g/mol. The van der Waals surface area contributed by atoms with Crippen molar-refractivity contribution < 1.29 is 13.9 Å².